The van der Waals surface area contributed by atoms with Gasteiger partial charge >= 0.3 is 6.03 Å². The van der Waals surface area contributed by atoms with E-state index in [4.69, 9.17) is 4.98 Å². The van der Waals surface area contributed by atoms with Gasteiger partial charge in [-0.1, -0.05) is 12.1 Å². The third-order valence-corrected chi connectivity index (χ3v) is 8.99. The minimum atomic E-state index is -3.98. The molecular weight excluding hydrogens is 576 g/mol. The molecule has 0 spiro atoms. The highest BCUT2D eigenvalue weighted by Gasteiger charge is 2.35. The van der Waals surface area contributed by atoms with Crippen LogP contribution in [-0.4, -0.2) is 60.5 Å². The maximum atomic E-state index is 15.2. The molecule has 0 saturated carbocycles. The lowest BCUT2D eigenvalue weighted by molar-refractivity contribution is 0.177. The van der Waals surface area contributed by atoms with Crippen LogP contribution in [0.4, 0.5) is 36.7 Å². The summed E-state index contributed by atoms with van der Waals surface area (Å²) in [5, 5.41) is 3.43. The molecule has 0 atom stereocenters. The number of amides is 2. The normalized spacial score (nSPS) is 16.6. The summed E-state index contributed by atoms with van der Waals surface area (Å²) in [6, 6.07) is 9.06. The second-order valence-electron chi connectivity index (χ2n) is 11.6. The molecule has 1 fully saturated rings. The minimum absolute atomic E-state index is 0.125. The average Bonchev–Trinajstić information content (AvgIpc) is 2.95. The maximum absolute atomic E-state index is 15.2. The Bertz CT molecular complexity index is 1580. The van der Waals surface area contributed by atoms with E-state index in [2.05, 4.69) is 33.8 Å². The van der Waals surface area contributed by atoms with Gasteiger partial charge in [0.05, 0.1) is 18.0 Å². The van der Waals surface area contributed by atoms with Crippen molar-refractivity contribution in [3.05, 3.63) is 71.4 Å². The number of benzene rings is 2. The number of sulfonamides is 1. The quantitative estimate of drug-likeness (QED) is 0.335. The number of nitrogens with one attached hydrogen (secondary N) is 2. The standard InChI is InChI=1S/C30H37F2N7O3S/c1-19(2)37-13-11-24(12-14-37)34-29-33-16-22-17-38(30(40)39(20(3)4)28(22)35-29)25-9-10-27(26(32)15-25)36-43(41,42)18-21-5-7-23(31)8-6-21/h5-10,15-16,19-20,24,36H,11-14,17-18H2,1-4H3,(H,33,34,35). The molecule has 2 aliphatic heterocycles. The third-order valence-electron chi connectivity index (χ3n) is 7.74. The maximum Gasteiger partial charge on any atom is 0.330 e. The number of carbonyl (C=O) groups is 1. The van der Waals surface area contributed by atoms with E-state index in [0.29, 0.717) is 28.9 Å². The Morgan fingerprint density at radius 3 is 2.33 bits per heavy atom. The Hall–Kier alpha value is -3.84. The molecule has 1 saturated heterocycles. The second-order valence-corrected chi connectivity index (χ2v) is 13.3. The molecule has 0 aliphatic carbocycles. The van der Waals surface area contributed by atoms with Gasteiger partial charge in [-0.05, 0) is 76.4 Å². The predicted octanol–water partition coefficient (Wildman–Crippen LogP) is 5.34. The zero-order chi connectivity index (χ0) is 30.9. The highest BCUT2D eigenvalue weighted by Crippen LogP contribution is 2.34. The summed E-state index contributed by atoms with van der Waals surface area (Å²) in [6.07, 6.45) is 3.64. The first-order chi connectivity index (χ1) is 20.4. The Kier molecular flexibility index (Phi) is 8.84. The summed E-state index contributed by atoms with van der Waals surface area (Å²) < 4.78 is 55.9. The van der Waals surface area contributed by atoms with Crippen molar-refractivity contribution in [2.75, 3.05) is 32.9 Å². The number of aromatic nitrogens is 2. The first-order valence-electron chi connectivity index (χ1n) is 14.4. The molecule has 10 nitrogen and oxygen atoms in total. The molecule has 5 rings (SSSR count). The Balaban J connectivity index is 1.32. The van der Waals surface area contributed by atoms with Gasteiger partial charge in [-0.2, -0.15) is 4.98 Å². The van der Waals surface area contributed by atoms with Gasteiger partial charge in [0.1, 0.15) is 17.5 Å². The van der Waals surface area contributed by atoms with Crippen molar-refractivity contribution >= 4 is 39.2 Å². The van der Waals surface area contributed by atoms with E-state index in [-0.39, 0.29) is 36.0 Å². The SMILES string of the molecule is CC(C)N1CCC(Nc2ncc3c(n2)N(C(C)C)C(=O)N(c2ccc(NS(=O)(=O)Cc4ccc(F)cc4)c(F)c2)C3)CC1. The van der Waals surface area contributed by atoms with Gasteiger partial charge in [0.15, 0.2) is 0 Å². The predicted molar refractivity (Wildman–Crippen MR) is 164 cm³/mol. The zero-order valence-corrected chi connectivity index (χ0v) is 25.5. The molecule has 3 aromatic rings. The molecule has 1 aromatic heterocycles. The number of fused-ring (bicyclic) bond motifs is 1. The van der Waals surface area contributed by atoms with Gasteiger partial charge < -0.3 is 10.2 Å². The van der Waals surface area contributed by atoms with Crippen LogP contribution in [0, 0.1) is 11.6 Å². The zero-order valence-electron chi connectivity index (χ0n) is 24.7. The summed E-state index contributed by atoms with van der Waals surface area (Å²) in [5.41, 5.74) is 1.07. The fourth-order valence-corrected chi connectivity index (χ4v) is 6.62. The summed E-state index contributed by atoms with van der Waals surface area (Å²) in [6.45, 7) is 10.3. The molecule has 0 unspecified atom stereocenters. The van der Waals surface area contributed by atoms with Gasteiger partial charge in [0, 0.05) is 48.7 Å². The molecular formula is C30H37F2N7O3S. The average molecular weight is 614 g/mol. The molecule has 3 heterocycles. The topological polar surface area (TPSA) is 111 Å². The van der Waals surface area contributed by atoms with Gasteiger partial charge in [0.2, 0.25) is 16.0 Å². The molecule has 13 heteroatoms. The fourth-order valence-electron chi connectivity index (χ4n) is 5.41. The Labute approximate surface area is 251 Å². The van der Waals surface area contributed by atoms with Crippen molar-refractivity contribution in [1.82, 2.24) is 14.9 Å². The van der Waals surface area contributed by atoms with E-state index in [1.165, 1.54) is 29.2 Å². The third kappa shape index (κ3) is 7.04. The number of carbonyl (C=O) groups excluding carboxylic acids is 1. The van der Waals surface area contributed by atoms with Crippen LogP contribution in [-0.2, 0) is 22.3 Å². The number of halogens is 2. The Morgan fingerprint density at radius 2 is 1.70 bits per heavy atom. The van der Waals surface area contributed by atoms with E-state index < -0.39 is 27.4 Å². The molecule has 230 valence electrons. The number of anilines is 4. The number of piperidine rings is 1. The van der Waals surface area contributed by atoms with Gasteiger partial charge in [-0.25, -0.2) is 27.0 Å². The van der Waals surface area contributed by atoms with Crippen LogP contribution < -0.4 is 19.8 Å². The van der Waals surface area contributed by atoms with Crippen LogP contribution in [0.2, 0.25) is 0 Å². The van der Waals surface area contributed by atoms with Crippen LogP contribution in [0.5, 0.6) is 0 Å². The van der Waals surface area contributed by atoms with Crippen molar-refractivity contribution in [1.29, 1.82) is 0 Å². The molecule has 2 N–H and O–H groups in total. The number of rotatable bonds is 9. The molecule has 0 radical (unpaired) electrons. The van der Waals surface area contributed by atoms with E-state index >= 15 is 4.39 Å². The molecule has 2 aliphatic rings. The van der Waals surface area contributed by atoms with Gasteiger partial charge in [0.25, 0.3) is 0 Å². The lowest BCUT2D eigenvalue weighted by Crippen LogP contribution is -2.51. The minimum Gasteiger partial charge on any atom is -0.351 e. The van der Waals surface area contributed by atoms with E-state index in [1.54, 1.807) is 11.1 Å². The smallest absolute Gasteiger partial charge is 0.330 e. The highest BCUT2D eigenvalue weighted by molar-refractivity contribution is 7.91. The van der Waals surface area contributed by atoms with Crippen molar-refractivity contribution in [2.24, 2.45) is 0 Å². The number of hydrogen-bond acceptors (Lipinski definition) is 7. The first-order valence-corrected chi connectivity index (χ1v) is 16.1. The number of hydrogen-bond donors (Lipinski definition) is 2. The van der Waals surface area contributed by atoms with Crippen molar-refractivity contribution in [3.8, 4) is 0 Å². The van der Waals surface area contributed by atoms with Crippen LogP contribution in [0.3, 0.4) is 0 Å². The molecule has 2 aromatic carbocycles. The summed E-state index contributed by atoms with van der Waals surface area (Å²) in [5.74, 6) is -0.791. The summed E-state index contributed by atoms with van der Waals surface area (Å²) >= 11 is 0. The lowest BCUT2D eigenvalue weighted by atomic mass is 10.0. The number of urea groups is 1. The molecule has 43 heavy (non-hydrogen) atoms. The van der Waals surface area contributed by atoms with Crippen LogP contribution >= 0.6 is 0 Å². The fraction of sp³-hybridized carbons (Fsp3) is 0.433. The summed E-state index contributed by atoms with van der Waals surface area (Å²) in [4.78, 5) is 28.4. The largest absolute Gasteiger partial charge is 0.351 e. The molecule has 0 bridgehead atoms. The van der Waals surface area contributed by atoms with Gasteiger partial charge in [-0.15, -0.1) is 0 Å². The van der Waals surface area contributed by atoms with Crippen LogP contribution in [0.15, 0.2) is 48.7 Å². The van der Waals surface area contributed by atoms with Crippen LogP contribution in [0.25, 0.3) is 0 Å². The highest BCUT2D eigenvalue weighted by atomic mass is 32.2. The van der Waals surface area contributed by atoms with Crippen molar-refractivity contribution < 1.29 is 22.0 Å². The first kappa shape index (κ1) is 30.6. The lowest BCUT2D eigenvalue weighted by Gasteiger charge is -2.38. The number of likely N-dealkylation sites (tertiary alicyclic amines) is 1. The van der Waals surface area contributed by atoms with Crippen molar-refractivity contribution in [3.63, 3.8) is 0 Å². The van der Waals surface area contributed by atoms with E-state index in [9.17, 15) is 17.6 Å². The van der Waals surface area contributed by atoms with Crippen LogP contribution in [0.1, 0.15) is 51.7 Å². The second kappa shape index (κ2) is 12.4. The van der Waals surface area contributed by atoms with E-state index in [0.717, 1.165) is 44.1 Å². The monoisotopic (exact) mass is 613 g/mol. The summed E-state index contributed by atoms with van der Waals surface area (Å²) in [7, 11) is -3.98. The van der Waals surface area contributed by atoms with E-state index in [1.807, 2.05) is 13.8 Å². The van der Waals surface area contributed by atoms with Gasteiger partial charge in [-0.3, -0.25) is 14.5 Å². The Morgan fingerprint density at radius 1 is 1.00 bits per heavy atom. The number of nitrogens with zero attached hydrogens (tertiary/aromatic N) is 5. The van der Waals surface area contributed by atoms with Crippen molar-refractivity contribution in [2.45, 2.75) is 71.0 Å². The molecule has 2 amide bonds.